The number of rotatable bonds is 1. The monoisotopic (exact) mass is 143 g/mol. The van der Waals surface area contributed by atoms with E-state index in [1.165, 1.54) is 11.3 Å². The van der Waals surface area contributed by atoms with Crippen LogP contribution >= 0.6 is 11.3 Å². The Morgan fingerprint density at radius 2 is 2.44 bits per heavy atom. The van der Waals surface area contributed by atoms with Crippen molar-refractivity contribution in [2.45, 2.75) is 20.0 Å². The first-order valence-corrected chi connectivity index (χ1v) is 3.68. The molecule has 9 heavy (non-hydrogen) atoms. The fraction of sp³-hybridized carbons (Fsp3) is 0.500. The summed E-state index contributed by atoms with van der Waals surface area (Å²) in [6.45, 7) is 3.64. The van der Waals surface area contributed by atoms with Crippen molar-refractivity contribution in [3.8, 4) is 0 Å². The predicted molar refractivity (Wildman–Crippen MR) is 37.5 cm³/mol. The summed E-state index contributed by atoms with van der Waals surface area (Å²) in [6, 6.07) is 0. The molecule has 0 amide bonds. The van der Waals surface area contributed by atoms with Crippen molar-refractivity contribution in [3.63, 3.8) is 0 Å². The zero-order valence-electron chi connectivity index (χ0n) is 5.46. The Hall–Kier alpha value is -0.410. The third-order valence-electron chi connectivity index (χ3n) is 0.994. The van der Waals surface area contributed by atoms with E-state index >= 15 is 0 Å². The summed E-state index contributed by atoms with van der Waals surface area (Å²) < 4.78 is 0. The first-order chi connectivity index (χ1) is 4.20. The minimum atomic E-state index is -0.413. The molecule has 0 radical (unpaired) electrons. The molecule has 0 aliphatic carbocycles. The van der Waals surface area contributed by atoms with Crippen molar-refractivity contribution >= 4 is 11.3 Å². The molecule has 0 aromatic carbocycles. The predicted octanol–water partition coefficient (Wildman–Crippen LogP) is 1.50. The Labute approximate surface area is 58.2 Å². The molecule has 1 aromatic heterocycles. The van der Waals surface area contributed by atoms with E-state index in [-0.39, 0.29) is 0 Å². The number of aliphatic hydroxyl groups is 1. The minimum absolute atomic E-state index is 0.413. The molecule has 0 unspecified atom stereocenters. The van der Waals surface area contributed by atoms with Gasteiger partial charge in [0.2, 0.25) is 0 Å². The zero-order valence-corrected chi connectivity index (χ0v) is 6.27. The Balaban J connectivity index is 2.85. The Morgan fingerprint density at radius 1 is 1.78 bits per heavy atom. The maximum atomic E-state index is 8.98. The topological polar surface area (TPSA) is 33.1 Å². The largest absolute Gasteiger partial charge is 0.386 e. The van der Waals surface area contributed by atoms with Crippen LogP contribution in [0.15, 0.2) is 5.38 Å². The summed E-state index contributed by atoms with van der Waals surface area (Å²) >= 11 is 1.50. The quantitative estimate of drug-likeness (QED) is 0.646. The van der Waals surface area contributed by atoms with Gasteiger partial charge in [0, 0.05) is 11.1 Å². The van der Waals surface area contributed by atoms with Gasteiger partial charge in [-0.2, -0.15) is 0 Å². The molecule has 1 N–H and O–H groups in total. The van der Waals surface area contributed by atoms with Crippen molar-refractivity contribution in [1.82, 2.24) is 4.98 Å². The lowest BCUT2D eigenvalue weighted by molar-refractivity contribution is 0.198. The second kappa shape index (κ2) is 2.45. The van der Waals surface area contributed by atoms with Crippen molar-refractivity contribution in [2.75, 3.05) is 0 Å². The number of thiazole rings is 1. The van der Waals surface area contributed by atoms with Gasteiger partial charge in [-0.05, 0) is 13.8 Å². The zero-order chi connectivity index (χ0) is 6.85. The lowest BCUT2D eigenvalue weighted by Crippen LogP contribution is -1.88. The van der Waals surface area contributed by atoms with E-state index < -0.39 is 6.10 Å². The van der Waals surface area contributed by atoms with Gasteiger partial charge in [0.1, 0.15) is 11.1 Å². The van der Waals surface area contributed by atoms with E-state index in [0.29, 0.717) is 0 Å². The lowest BCUT2D eigenvalue weighted by Gasteiger charge is -1.94. The van der Waals surface area contributed by atoms with E-state index in [9.17, 15) is 0 Å². The SMILES string of the molecule is Cc1csc([C@@H](C)O)n1. The summed E-state index contributed by atoms with van der Waals surface area (Å²) in [6.07, 6.45) is -0.413. The molecule has 50 valence electrons. The molecule has 3 heteroatoms. The maximum Gasteiger partial charge on any atom is 0.121 e. The van der Waals surface area contributed by atoms with E-state index in [0.717, 1.165) is 10.7 Å². The Kier molecular flexibility index (Phi) is 1.83. The van der Waals surface area contributed by atoms with Crippen LogP contribution in [0.2, 0.25) is 0 Å². The molecule has 1 atom stereocenters. The van der Waals surface area contributed by atoms with Gasteiger partial charge in [-0.1, -0.05) is 0 Å². The molecule has 0 fully saturated rings. The maximum absolute atomic E-state index is 8.98. The van der Waals surface area contributed by atoms with Crippen LogP contribution in [0.4, 0.5) is 0 Å². The van der Waals surface area contributed by atoms with Crippen molar-refractivity contribution in [2.24, 2.45) is 0 Å². The lowest BCUT2D eigenvalue weighted by atomic mass is 10.4. The third kappa shape index (κ3) is 1.50. The van der Waals surface area contributed by atoms with Crippen LogP contribution in [0.25, 0.3) is 0 Å². The molecule has 0 spiro atoms. The van der Waals surface area contributed by atoms with Gasteiger partial charge in [-0.15, -0.1) is 11.3 Å². The highest BCUT2D eigenvalue weighted by atomic mass is 32.1. The van der Waals surface area contributed by atoms with Crippen LogP contribution < -0.4 is 0 Å². The first kappa shape index (κ1) is 6.71. The Morgan fingerprint density at radius 3 is 2.67 bits per heavy atom. The van der Waals surface area contributed by atoms with E-state index in [2.05, 4.69) is 4.98 Å². The van der Waals surface area contributed by atoms with Crippen LogP contribution in [0.3, 0.4) is 0 Å². The normalized spacial score (nSPS) is 13.7. The fourth-order valence-electron chi connectivity index (χ4n) is 0.564. The molecule has 1 rings (SSSR count). The smallest absolute Gasteiger partial charge is 0.121 e. The molecular formula is C6H9NOS. The summed E-state index contributed by atoms with van der Waals surface area (Å²) in [5.74, 6) is 0. The van der Waals surface area contributed by atoms with Crippen LogP contribution in [0.1, 0.15) is 23.7 Å². The number of aliphatic hydroxyl groups excluding tert-OH is 1. The van der Waals surface area contributed by atoms with Crippen LogP contribution in [0.5, 0.6) is 0 Å². The molecule has 0 saturated heterocycles. The number of hydrogen-bond donors (Lipinski definition) is 1. The van der Waals surface area contributed by atoms with E-state index in [1.54, 1.807) is 6.92 Å². The van der Waals surface area contributed by atoms with Gasteiger partial charge >= 0.3 is 0 Å². The van der Waals surface area contributed by atoms with Gasteiger partial charge in [0.15, 0.2) is 0 Å². The number of hydrogen-bond acceptors (Lipinski definition) is 3. The molecule has 0 aliphatic rings. The molecule has 1 aromatic rings. The first-order valence-electron chi connectivity index (χ1n) is 2.80. The molecular weight excluding hydrogens is 134 g/mol. The minimum Gasteiger partial charge on any atom is -0.386 e. The standard InChI is InChI=1S/C6H9NOS/c1-4-3-9-6(7-4)5(2)8/h3,5,8H,1-2H3/t5-/m1/s1. The molecule has 0 saturated carbocycles. The van der Waals surface area contributed by atoms with Gasteiger partial charge < -0.3 is 5.11 Å². The highest BCUT2D eigenvalue weighted by molar-refractivity contribution is 7.09. The highest BCUT2D eigenvalue weighted by Crippen LogP contribution is 2.16. The van der Waals surface area contributed by atoms with Gasteiger partial charge in [0.25, 0.3) is 0 Å². The second-order valence-corrected chi connectivity index (χ2v) is 2.89. The van der Waals surface area contributed by atoms with Crippen molar-refractivity contribution in [3.05, 3.63) is 16.1 Å². The van der Waals surface area contributed by atoms with E-state index in [1.807, 2.05) is 12.3 Å². The Bertz CT molecular complexity index is 195. The second-order valence-electron chi connectivity index (χ2n) is 2.00. The van der Waals surface area contributed by atoms with Crippen LogP contribution in [0, 0.1) is 6.92 Å². The average Bonchev–Trinajstić information content (AvgIpc) is 2.14. The van der Waals surface area contributed by atoms with Gasteiger partial charge in [0.05, 0.1) is 0 Å². The number of nitrogens with zero attached hydrogens (tertiary/aromatic N) is 1. The molecule has 1 heterocycles. The molecule has 0 aliphatic heterocycles. The van der Waals surface area contributed by atoms with Crippen LogP contribution in [-0.2, 0) is 0 Å². The van der Waals surface area contributed by atoms with E-state index in [4.69, 9.17) is 5.11 Å². The summed E-state index contributed by atoms with van der Waals surface area (Å²) in [5, 5.41) is 11.7. The highest BCUT2D eigenvalue weighted by Gasteiger charge is 2.02. The average molecular weight is 143 g/mol. The summed E-state index contributed by atoms with van der Waals surface area (Å²) in [4.78, 5) is 4.08. The molecule has 2 nitrogen and oxygen atoms in total. The number of aromatic nitrogens is 1. The van der Waals surface area contributed by atoms with Crippen molar-refractivity contribution in [1.29, 1.82) is 0 Å². The third-order valence-corrected chi connectivity index (χ3v) is 2.13. The van der Waals surface area contributed by atoms with Gasteiger partial charge in [-0.25, -0.2) is 4.98 Å². The summed E-state index contributed by atoms with van der Waals surface area (Å²) in [7, 11) is 0. The van der Waals surface area contributed by atoms with Crippen LogP contribution in [-0.4, -0.2) is 10.1 Å². The fourth-order valence-corrected chi connectivity index (χ4v) is 1.30. The number of aryl methyl sites for hydroxylation is 1. The summed E-state index contributed by atoms with van der Waals surface area (Å²) in [5.41, 5.74) is 0.982. The van der Waals surface area contributed by atoms with Gasteiger partial charge in [-0.3, -0.25) is 0 Å². The van der Waals surface area contributed by atoms with Crippen molar-refractivity contribution < 1.29 is 5.11 Å². The molecule has 0 bridgehead atoms.